The summed E-state index contributed by atoms with van der Waals surface area (Å²) in [6.07, 6.45) is 0. The number of carbonyl (C=O) groups is 1. The molecule has 1 amide bonds. The van der Waals surface area contributed by atoms with Crippen molar-refractivity contribution in [3.63, 3.8) is 0 Å². The average molecular weight is 487 g/mol. The van der Waals surface area contributed by atoms with Crippen LogP contribution in [0.25, 0.3) is 0 Å². The summed E-state index contributed by atoms with van der Waals surface area (Å²) in [5.74, 6) is 1.64. The van der Waals surface area contributed by atoms with Crippen molar-refractivity contribution in [2.75, 3.05) is 36.1 Å². The fourth-order valence-electron chi connectivity index (χ4n) is 3.13. The van der Waals surface area contributed by atoms with E-state index in [0.29, 0.717) is 41.8 Å². The van der Waals surface area contributed by atoms with Crippen molar-refractivity contribution in [1.29, 1.82) is 0 Å². The molecule has 0 saturated carbocycles. The van der Waals surface area contributed by atoms with Gasteiger partial charge in [-0.25, -0.2) is 8.42 Å². The third-order valence-electron chi connectivity index (χ3n) is 4.66. The van der Waals surface area contributed by atoms with E-state index in [0.717, 1.165) is 4.90 Å². The van der Waals surface area contributed by atoms with Crippen LogP contribution in [-0.4, -0.2) is 40.4 Å². The summed E-state index contributed by atoms with van der Waals surface area (Å²) in [6.45, 7) is 1.01. The van der Waals surface area contributed by atoms with E-state index >= 15 is 0 Å². The van der Waals surface area contributed by atoms with E-state index in [-0.39, 0.29) is 16.6 Å². The maximum absolute atomic E-state index is 12.8. The fourth-order valence-corrected chi connectivity index (χ4v) is 4.97. The molecule has 0 aliphatic carbocycles. The summed E-state index contributed by atoms with van der Waals surface area (Å²) >= 11 is 1.34. The number of rotatable bonds is 8. The lowest BCUT2D eigenvalue weighted by molar-refractivity contribution is -0.113. The molecule has 1 aliphatic rings. The Kier molecular flexibility index (Phi) is 6.95. The number of benzene rings is 3. The van der Waals surface area contributed by atoms with Gasteiger partial charge in [-0.2, -0.15) is 0 Å². The maximum Gasteiger partial charge on any atom is 0.262 e. The number of carbonyl (C=O) groups excluding carboxylic acids is 1. The van der Waals surface area contributed by atoms with Crippen LogP contribution in [0.2, 0.25) is 0 Å². The highest BCUT2D eigenvalue weighted by Gasteiger charge is 2.18. The van der Waals surface area contributed by atoms with Gasteiger partial charge in [0.1, 0.15) is 19.0 Å². The van der Waals surface area contributed by atoms with Gasteiger partial charge in [0.05, 0.1) is 23.4 Å². The molecule has 172 valence electrons. The van der Waals surface area contributed by atoms with Crippen LogP contribution in [0.1, 0.15) is 0 Å². The molecule has 0 radical (unpaired) electrons. The fraction of sp³-hybridized carbons (Fsp3) is 0.174. The van der Waals surface area contributed by atoms with Gasteiger partial charge in [0.2, 0.25) is 5.91 Å². The van der Waals surface area contributed by atoms with Crippen molar-refractivity contribution in [3.05, 3.63) is 66.7 Å². The Hall–Kier alpha value is -3.37. The van der Waals surface area contributed by atoms with E-state index in [1.165, 1.54) is 31.0 Å². The van der Waals surface area contributed by atoms with E-state index in [1.807, 2.05) is 18.2 Å². The molecule has 3 aromatic rings. The van der Waals surface area contributed by atoms with Crippen LogP contribution in [0.4, 0.5) is 11.4 Å². The van der Waals surface area contributed by atoms with E-state index in [2.05, 4.69) is 10.0 Å². The van der Waals surface area contributed by atoms with Crippen LogP contribution >= 0.6 is 11.8 Å². The molecule has 10 heteroatoms. The molecule has 1 heterocycles. The zero-order chi connectivity index (χ0) is 23.3. The van der Waals surface area contributed by atoms with Crippen molar-refractivity contribution >= 4 is 39.1 Å². The van der Waals surface area contributed by atoms with Crippen LogP contribution in [0.3, 0.4) is 0 Å². The molecule has 0 saturated heterocycles. The molecular formula is C23H22N2O6S2. The number of fused-ring (bicyclic) bond motifs is 1. The number of amides is 1. The van der Waals surface area contributed by atoms with Gasteiger partial charge in [-0.15, -0.1) is 11.8 Å². The number of methoxy groups -OCH3 is 1. The summed E-state index contributed by atoms with van der Waals surface area (Å²) in [5, 5.41) is 2.74. The quantitative estimate of drug-likeness (QED) is 0.464. The Bertz CT molecular complexity index is 1260. The number of para-hydroxylation sites is 2. The Morgan fingerprint density at radius 1 is 1.00 bits per heavy atom. The van der Waals surface area contributed by atoms with Gasteiger partial charge < -0.3 is 19.5 Å². The molecule has 2 N–H and O–H groups in total. The first-order valence-electron chi connectivity index (χ1n) is 10.0. The topological polar surface area (TPSA) is 103 Å². The summed E-state index contributed by atoms with van der Waals surface area (Å²) < 4.78 is 44.4. The highest BCUT2D eigenvalue weighted by molar-refractivity contribution is 8.00. The smallest absolute Gasteiger partial charge is 0.262 e. The number of anilines is 2. The number of hydrogen-bond acceptors (Lipinski definition) is 7. The van der Waals surface area contributed by atoms with Crippen LogP contribution < -0.4 is 24.2 Å². The first-order chi connectivity index (χ1) is 15.9. The molecule has 4 rings (SSSR count). The molecule has 0 unspecified atom stereocenters. The molecule has 0 spiro atoms. The lowest BCUT2D eigenvalue weighted by Crippen LogP contribution is -2.16. The van der Waals surface area contributed by atoms with Gasteiger partial charge in [0, 0.05) is 10.6 Å². The van der Waals surface area contributed by atoms with Crippen molar-refractivity contribution in [2.45, 2.75) is 9.79 Å². The first-order valence-corrected chi connectivity index (χ1v) is 12.5. The van der Waals surface area contributed by atoms with Crippen molar-refractivity contribution in [3.8, 4) is 17.2 Å². The Balaban J connectivity index is 1.39. The van der Waals surface area contributed by atoms with Gasteiger partial charge in [-0.3, -0.25) is 9.52 Å². The van der Waals surface area contributed by atoms with Crippen molar-refractivity contribution in [2.24, 2.45) is 0 Å². The molecule has 8 nitrogen and oxygen atoms in total. The van der Waals surface area contributed by atoms with Gasteiger partial charge in [-0.1, -0.05) is 18.2 Å². The minimum absolute atomic E-state index is 0.0192. The molecule has 3 aromatic carbocycles. The molecule has 0 aromatic heterocycles. The number of nitrogens with one attached hydrogen (secondary N) is 2. The van der Waals surface area contributed by atoms with Crippen LogP contribution in [-0.2, 0) is 14.8 Å². The third kappa shape index (κ3) is 5.71. The molecule has 0 bridgehead atoms. The van der Waals surface area contributed by atoms with E-state index < -0.39 is 10.0 Å². The molecule has 0 atom stereocenters. The zero-order valence-corrected chi connectivity index (χ0v) is 19.4. The minimum Gasteiger partial charge on any atom is -0.495 e. The summed E-state index contributed by atoms with van der Waals surface area (Å²) in [5.41, 5.74) is 0.705. The van der Waals surface area contributed by atoms with Gasteiger partial charge in [-0.05, 0) is 48.5 Å². The van der Waals surface area contributed by atoms with E-state index in [9.17, 15) is 13.2 Å². The first kappa shape index (κ1) is 22.8. The molecular weight excluding hydrogens is 464 g/mol. The Labute approximate surface area is 196 Å². The monoisotopic (exact) mass is 486 g/mol. The standard InChI is InChI=1S/C23H22N2O6S2/c1-29-20-8-3-2-7-19(20)25-33(27,28)18-6-4-5-16(13-18)24-23(26)15-32-17-9-10-21-22(14-17)31-12-11-30-21/h2-10,13-14,25H,11-12,15H2,1H3,(H,24,26). The average Bonchev–Trinajstić information content (AvgIpc) is 2.83. The van der Waals surface area contributed by atoms with Crippen LogP contribution in [0.15, 0.2) is 76.5 Å². The third-order valence-corrected chi connectivity index (χ3v) is 7.02. The second-order valence-corrected chi connectivity index (χ2v) is 9.71. The lowest BCUT2D eigenvalue weighted by atomic mass is 10.3. The number of hydrogen-bond donors (Lipinski definition) is 2. The SMILES string of the molecule is COc1ccccc1NS(=O)(=O)c1cccc(NC(=O)CSc2ccc3c(c2)OCCO3)c1. The lowest BCUT2D eigenvalue weighted by Gasteiger charge is -2.18. The molecule has 33 heavy (non-hydrogen) atoms. The van der Waals surface area contributed by atoms with Crippen molar-refractivity contribution < 1.29 is 27.4 Å². The van der Waals surface area contributed by atoms with E-state index in [4.69, 9.17) is 14.2 Å². The second kappa shape index (κ2) is 10.1. The Morgan fingerprint density at radius 2 is 1.79 bits per heavy atom. The van der Waals surface area contributed by atoms with E-state index in [1.54, 1.807) is 36.4 Å². The Morgan fingerprint density at radius 3 is 2.61 bits per heavy atom. The summed E-state index contributed by atoms with van der Waals surface area (Å²) in [4.78, 5) is 13.3. The molecule has 1 aliphatic heterocycles. The number of sulfonamides is 1. The number of ether oxygens (including phenoxy) is 3. The highest BCUT2D eigenvalue weighted by Crippen LogP contribution is 2.34. The second-order valence-electron chi connectivity index (χ2n) is 6.98. The maximum atomic E-state index is 12.8. The summed E-state index contributed by atoms with van der Waals surface area (Å²) in [6, 6.07) is 18.3. The van der Waals surface area contributed by atoms with Gasteiger partial charge in [0.25, 0.3) is 10.0 Å². The van der Waals surface area contributed by atoms with Gasteiger partial charge in [0.15, 0.2) is 11.5 Å². The zero-order valence-electron chi connectivity index (χ0n) is 17.7. The number of thioether (sulfide) groups is 1. The summed E-state index contributed by atoms with van der Waals surface area (Å²) in [7, 11) is -2.42. The van der Waals surface area contributed by atoms with Crippen molar-refractivity contribution in [1.82, 2.24) is 0 Å². The normalized spacial score (nSPS) is 12.6. The van der Waals surface area contributed by atoms with Gasteiger partial charge >= 0.3 is 0 Å². The van der Waals surface area contributed by atoms with Crippen LogP contribution in [0, 0.1) is 0 Å². The largest absolute Gasteiger partial charge is 0.495 e. The minimum atomic E-state index is -3.88. The van der Waals surface area contributed by atoms with Crippen LogP contribution in [0.5, 0.6) is 17.2 Å². The highest BCUT2D eigenvalue weighted by atomic mass is 32.2. The predicted octanol–water partition coefficient (Wildman–Crippen LogP) is 4.00. The predicted molar refractivity (Wildman–Crippen MR) is 127 cm³/mol. The molecule has 0 fully saturated rings.